The molecule has 1 fully saturated rings. The van der Waals surface area contributed by atoms with Crippen LogP contribution in [0.15, 0.2) is 67.0 Å². The minimum absolute atomic E-state index is 0.0888. The van der Waals surface area contributed by atoms with Crippen molar-refractivity contribution < 1.29 is 0 Å². The highest BCUT2D eigenvalue weighted by atomic mass is 15.1. The van der Waals surface area contributed by atoms with Crippen molar-refractivity contribution in [1.29, 1.82) is 0 Å². The molecule has 126 valence electrons. The Bertz CT molecular complexity index is 873. The molecule has 0 saturated carbocycles. The molecule has 0 N–H and O–H groups in total. The van der Waals surface area contributed by atoms with Crippen molar-refractivity contribution in [3.8, 4) is 0 Å². The summed E-state index contributed by atoms with van der Waals surface area (Å²) < 4.78 is 2.36. The van der Waals surface area contributed by atoms with E-state index in [0.29, 0.717) is 0 Å². The van der Waals surface area contributed by atoms with Gasteiger partial charge >= 0.3 is 0 Å². The molecule has 0 unspecified atom stereocenters. The minimum atomic E-state index is 0.0888. The standard InChI is InChI=1S/C22H23N3/c1-2-6-18(7-3-1)16-24-13-10-22(11-14-24)20-9-5-4-8-19(20)17-25-15-12-23-21(22)25/h1-9,12,15H,10-11,13-14,16-17H2. The normalized spacial score (nSPS) is 18.7. The summed E-state index contributed by atoms with van der Waals surface area (Å²) in [6, 6.07) is 19.8. The molecule has 1 saturated heterocycles. The number of fused-ring (bicyclic) bond motifs is 4. The number of hydrogen-bond donors (Lipinski definition) is 0. The van der Waals surface area contributed by atoms with Gasteiger partial charge in [-0.3, -0.25) is 4.90 Å². The van der Waals surface area contributed by atoms with Crippen LogP contribution in [0.4, 0.5) is 0 Å². The topological polar surface area (TPSA) is 21.1 Å². The fourth-order valence-corrected chi connectivity index (χ4v) is 4.71. The van der Waals surface area contributed by atoms with Crippen molar-refractivity contribution in [2.45, 2.75) is 31.3 Å². The maximum absolute atomic E-state index is 4.79. The van der Waals surface area contributed by atoms with Crippen LogP contribution >= 0.6 is 0 Å². The maximum atomic E-state index is 4.79. The molecule has 25 heavy (non-hydrogen) atoms. The van der Waals surface area contributed by atoms with Gasteiger partial charge in [-0.2, -0.15) is 0 Å². The molecule has 0 radical (unpaired) electrons. The van der Waals surface area contributed by atoms with Crippen LogP contribution in [0.1, 0.15) is 35.4 Å². The molecule has 2 aliphatic rings. The quantitative estimate of drug-likeness (QED) is 0.712. The van der Waals surface area contributed by atoms with E-state index in [4.69, 9.17) is 4.98 Å². The van der Waals surface area contributed by atoms with Gasteiger partial charge in [-0.1, -0.05) is 54.6 Å². The molecule has 3 nitrogen and oxygen atoms in total. The first-order chi connectivity index (χ1) is 12.4. The van der Waals surface area contributed by atoms with Crippen LogP contribution in [0.3, 0.4) is 0 Å². The molecule has 3 heteroatoms. The highest BCUT2D eigenvalue weighted by Crippen LogP contribution is 2.45. The molecular formula is C22H23N3. The summed E-state index contributed by atoms with van der Waals surface area (Å²) in [4.78, 5) is 7.37. The Morgan fingerprint density at radius 1 is 0.920 bits per heavy atom. The second-order valence-corrected chi connectivity index (χ2v) is 7.38. The minimum Gasteiger partial charge on any atom is -0.330 e. The Hall–Kier alpha value is -2.39. The number of nitrogens with zero attached hydrogens (tertiary/aromatic N) is 3. The lowest BCUT2D eigenvalue weighted by molar-refractivity contribution is 0.162. The summed E-state index contributed by atoms with van der Waals surface area (Å²) in [7, 11) is 0. The zero-order valence-electron chi connectivity index (χ0n) is 14.4. The van der Waals surface area contributed by atoms with E-state index in [1.807, 2.05) is 6.20 Å². The van der Waals surface area contributed by atoms with Gasteiger partial charge in [0.2, 0.25) is 0 Å². The van der Waals surface area contributed by atoms with Crippen molar-refractivity contribution in [3.05, 3.63) is 89.5 Å². The molecule has 3 heterocycles. The van der Waals surface area contributed by atoms with Gasteiger partial charge in [-0.15, -0.1) is 0 Å². The number of hydrogen-bond acceptors (Lipinski definition) is 2. The smallest absolute Gasteiger partial charge is 0.119 e. The summed E-state index contributed by atoms with van der Waals surface area (Å²) in [6.07, 6.45) is 6.41. The van der Waals surface area contributed by atoms with Gasteiger partial charge in [0, 0.05) is 25.5 Å². The second kappa shape index (κ2) is 5.85. The van der Waals surface area contributed by atoms with Gasteiger partial charge in [0.25, 0.3) is 0 Å². The molecule has 0 aliphatic carbocycles. The molecule has 5 rings (SSSR count). The SMILES string of the molecule is c1ccc(CN2CCC3(CC2)c2ccccc2Cn2ccnc23)cc1. The van der Waals surface area contributed by atoms with Crippen LogP contribution in [0.2, 0.25) is 0 Å². The number of piperidine rings is 1. The van der Waals surface area contributed by atoms with E-state index in [0.717, 1.165) is 39.0 Å². The van der Waals surface area contributed by atoms with E-state index >= 15 is 0 Å². The molecule has 0 amide bonds. The number of imidazole rings is 1. The van der Waals surface area contributed by atoms with Crippen molar-refractivity contribution in [2.24, 2.45) is 0 Å². The first-order valence-corrected chi connectivity index (χ1v) is 9.21. The first-order valence-electron chi connectivity index (χ1n) is 9.21. The third-order valence-corrected chi connectivity index (χ3v) is 5.98. The molecule has 1 aromatic heterocycles. The van der Waals surface area contributed by atoms with E-state index in [1.165, 1.54) is 22.5 Å². The molecule has 3 aromatic rings. The van der Waals surface area contributed by atoms with Gasteiger partial charge in [-0.25, -0.2) is 4.98 Å². The second-order valence-electron chi connectivity index (χ2n) is 7.38. The van der Waals surface area contributed by atoms with Gasteiger partial charge in [0.05, 0.1) is 5.41 Å². The molecule has 2 aromatic carbocycles. The van der Waals surface area contributed by atoms with Crippen LogP contribution in [-0.2, 0) is 18.5 Å². The van der Waals surface area contributed by atoms with Gasteiger partial charge < -0.3 is 4.57 Å². The van der Waals surface area contributed by atoms with Crippen LogP contribution in [0.25, 0.3) is 0 Å². The zero-order chi connectivity index (χ0) is 16.7. The van der Waals surface area contributed by atoms with E-state index < -0.39 is 0 Å². The lowest BCUT2D eigenvalue weighted by Crippen LogP contribution is -2.46. The van der Waals surface area contributed by atoms with E-state index in [2.05, 4.69) is 70.3 Å². The molecular weight excluding hydrogens is 306 g/mol. The lowest BCUT2D eigenvalue weighted by atomic mass is 9.69. The lowest BCUT2D eigenvalue weighted by Gasteiger charge is -2.45. The maximum Gasteiger partial charge on any atom is 0.119 e. The largest absolute Gasteiger partial charge is 0.330 e. The van der Waals surface area contributed by atoms with Crippen LogP contribution < -0.4 is 0 Å². The van der Waals surface area contributed by atoms with E-state index in [9.17, 15) is 0 Å². The van der Waals surface area contributed by atoms with Crippen LogP contribution in [-0.4, -0.2) is 27.5 Å². The Balaban J connectivity index is 1.44. The fourth-order valence-electron chi connectivity index (χ4n) is 4.71. The monoisotopic (exact) mass is 329 g/mol. The van der Waals surface area contributed by atoms with Gasteiger partial charge in [0.1, 0.15) is 5.82 Å². The predicted molar refractivity (Wildman–Crippen MR) is 99.5 cm³/mol. The first kappa shape index (κ1) is 14.9. The Kier molecular flexibility index (Phi) is 3.49. The third-order valence-electron chi connectivity index (χ3n) is 5.98. The fraction of sp³-hybridized carbons (Fsp3) is 0.318. The molecule has 2 aliphatic heterocycles. The van der Waals surface area contributed by atoms with E-state index in [-0.39, 0.29) is 5.41 Å². The van der Waals surface area contributed by atoms with Crippen LogP contribution in [0, 0.1) is 0 Å². The molecule has 0 bridgehead atoms. The van der Waals surface area contributed by atoms with Crippen molar-refractivity contribution in [1.82, 2.24) is 14.5 Å². The number of rotatable bonds is 2. The summed E-state index contributed by atoms with van der Waals surface area (Å²) in [5, 5.41) is 0. The number of benzene rings is 2. The average Bonchev–Trinajstić information content (AvgIpc) is 3.14. The number of likely N-dealkylation sites (tertiary alicyclic amines) is 1. The molecule has 1 spiro atoms. The van der Waals surface area contributed by atoms with Gasteiger partial charge in [-0.05, 0) is 42.6 Å². The summed E-state index contributed by atoms with van der Waals surface area (Å²) in [6.45, 7) is 4.25. The Labute approximate surface area is 148 Å². The van der Waals surface area contributed by atoms with Crippen LogP contribution in [0.5, 0.6) is 0 Å². The molecule has 0 atom stereocenters. The van der Waals surface area contributed by atoms with Gasteiger partial charge in [0.15, 0.2) is 0 Å². The summed E-state index contributed by atoms with van der Waals surface area (Å²) >= 11 is 0. The highest BCUT2D eigenvalue weighted by molar-refractivity contribution is 5.44. The average molecular weight is 329 g/mol. The van der Waals surface area contributed by atoms with Crippen molar-refractivity contribution in [3.63, 3.8) is 0 Å². The third kappa shape index (κ3) is 2.42. The highest BCUT2D eigenvalue weighted by Gasteiger charge is 2.44. The van der Waals surface area contributed by atoms with E-state index in [1.54, 1.807) is 0 Å². The van der Waals surface area contributed by atoms with Crippen molar-refractivity contribution in [2.75, 3.05) is 13.1 Å². The number of aromatic nitrogens is 2. The van der Waals surface area contributed by atoms with Crippen molar-refractivity contribution >= 4 is 0 Å². The summed E-state index contributed by atoms with van der Waals surface area (Å²) in [5.41, 5.74) is 4.47. The Morgan fingerprint density at radius 2 is 1.68 bits per heavy atom. The summed E-state index contributed by atoms with van der Waals surface area (Å²) in [5.74, 6) is 1.27. The predicted octanol–water partition coefficient (Wildman–Crippen LogP) is 3.83. The Morgan fingerprint density at radius 3 is 2.52 bits per heavy atom. The zero-order valence-corrected chi connectivity index (χ0v) is 14.4.